The van der Waals surface area contributed by atoms with E-state index in [1.54, 1.807) is 0 Å². The Morgan fingerprint density at radius 3 is 2.38 bits per heavy atom. The quantitative estimate of drug-likeness (QED) is 0.902. The average molecular weight is 329 g/mol. The third-order valence-electron chi connectivity index (χ3n) is 5.54. The first-order valence-corrected chi connectivity index (χ1v) is 9.53. The molecule has 0 bridgehead atoms. The molecule has 4 nitrogen and oxygen atoms in total. The zero-order valence-corrected chi connectivity index (χ0v) is 14.7. The van der Waals surface area contributed by atoms with E-state index in [-0.39, 0.29) is 5.91 Å². The van der Waals surface area contributed by atoms with E-state index in [2.05, 4.69) is 4.90 Å². The third kappa shape index (κ3) is 4.81. The summed E-state index contributed by atoms with van der Waals surface area (Å²) in [5, 5.41) is 0. The Morgan fingerprint density at radius 1 is 1.04 bits per heavy atom. The second kappa shape index (κ2) is 8.63. The van der Waals surface area contributed by atoms with Crippen LogP contribution in [0.15, 0.2) is 30.3 Å². The van der Waals surface area contributed by atoms with Gasteiger partial charge in [0, 0.05) is 32.7 Å². The van der Waals surface area contributed by atoms with Crippen LogP contribution in [-0.2, 0) is 11.2 Å². The number of hydrogen-bond acceptors (Lipinski definition) is 3. The van der Waals surface area contributed by atoms with Crippen LogP contribution in [0.5, 0.6) is 0 Å². The first kappa shape index (κ1) is 17.4. The zero-order valence-electron chi connectivity index (χ0n) is 14.7. The maximum Gasteiger partial charge on any atom is 0.239 e. The molecule has 24 heavy (non-hydrogen) atoms. The van der Waals surface area contributed by atoms with Gasteiger partial charge in [-0.2, -0.15) is 0 Å². The van der Waals surface area contributed by atoms with Crippen molar-refractivity contribution < 1.29 is 4.79 Å². The minimum absolute atomic E-state index is 0.108. The van der Waals surface area contributed by atoms with E-state index >= 15 is 0 Å². The van der Waals surface area contributed by atoms with Crippen LogP contribution in [0.3, 0.4) is 0 Å². The predicted molar refractivity (Wildman–Crippen MR) is 97.7 cm³/mol. The smallest absolute Gasteiger partial charge is 0.239 e. The van der Waals surface area contributed by atoms with Crippen molar-refractivity contribution in [1.29, 1.82) is 0 Å². The summed E-state index contributed by atoms with van der Waals surface area (Å²) in [6.07, 6.45) is 7.62. The fourth-order valence-corrected chi connectivity index (χ4v) is 4.08. The molecule has 2 fully saturated rings. The van der Waals surface area contributed by atoms with Gasteiger partial charge in [0.15, 0.2) is 0 Å². The van der Waals surface area contributed by atoms with Crippen LogP contribution in [0.2, 0.25) is 0 Å². The van der Waals surface area contributed by atoms with E-state index in [9.17, 15) is 4.79 Å². The van der Waals surface area contributed by atoms with Gasteiger partial charge in [0.05, 0.1) is 6.04 Å². The van der Waals surface area contributed by atoms with Gasteiger partial charge in [0.1, 0.15) is 0 Å². The van der Waals surface area contributed by atoms with E-state index in [1.807, 2.05) is 35.2 Å². The first-order chi connectivity index (χ1) is 11.7. The summed E-state index contributed by atoms with van der Waals surface area (Å²) in [4.78, 5) is 17.1. The van der Waals surface area contributed by atoms with Crippen LogP contribution < -0.4 is 5.73 Å². The maximum atomic E-state index is 12.6. The molecule has 1 saturated carbocycles. The first-order valence-electron chi connectivity index (χ1n) is 9.53. The lowest BCUT2D eigenvalue weighted by Gasteiger charge is -2.38. The van der Waals surface area contributed by atoms with Crippen molar-refractivity contribution >= 4 is 5.91 Å². The van der Waals surface area contributed by atoms with Crippen LogP contribution in [0.25, 0.3) is 0 Å². The van der Waals surface area contributed by atoms with E-state index in [0.29, 0.717) is 6.42 Å². The molecule has 1 unspecified atom stereocenters. The van der Waals surface area contributed by atoms with Gasteiger partial charge >= 0.3 is 0 Å². The number of rotatable bonds is 5. The number of nitrogens with two attached hydrogens (primary N) is 1. The number of amides is 1. The molecule has 1 aliphatic carbocycles. The second-order valence-corrected chi connectivity index (χ2v) is 7.43. The molecule has 1 atom stereocenters. The molecule has 2 aliphatic rings. The van der Waals surface area contributed by atoms with Crippen LogP contribution >= 0.6 is 0 Å². The fourth-order valence-electron chi connectivity index (χ4n) is 4.08. The molecular formula is C20H31N3O. The van der Waals surface area contributed by atoms with Crippen molar-refractivity contribution in [2.75, 3.05) is 32.7 Å². The van der Waals surface area contributed by atoms with E-state index < -0.39 is 6.04 Å². The number of piperazine rings is 1. The second-order valence-electron chi connectivity index (χ2n) is 7.43. The van der Waals surface area contributed by atoms with E-state index in [1.165, 1.54) is 38.6 Å². The van der Waals surface area contributed by atoms with E-state index in [4.69, 9.17) is 5.73 Å². The van der Waals surface area contributed by atoms with Gasteiger partial charge in [0.2, 0.25) is 5.91 Å². The number of benzene rings is 1. The summed E-state index contributed by atoms with van der Waals surface area (Å²) >= 11 is 0. The molecule has 1 heterocycles. The highest BCUT2D eigenvalue weighted by molar-refractivity contribution is 5.82. The molecule has 0 radical (unpaired) electrons. The van der Waals surface area contributed by atoms with Crippen molar-refractivity contribution in [3.63, 3.8) is 0 Å². The van der Waals surface area contributed by atoms with Crippen molar-refractivity contribution in [2.45, 2.75) is 44.6 Å². The minimum Gasteiger partial charge on any atom is -0.339 e. The van der Waals surface area contributed by atoms with Gasteiger partial charge in [-0.3, -0.25) is 9.69 Å². The van der Waals surface area contributed by atoms with Gasteiger partial charge in [-0.15, -0.1) is 0 Å². The predicted octanol–water partition coefficient (Wildman–Crippen LogP) is 2.28. The third-order valence-corrected chi connectivity index (χ3v) is 5.54. The van der Waals surface area contributed by atoms with Crippen molar-refractivity contribution in [2.24, 2.45) is 11.7 Å². The summed E-state index contributed by atoms with van der Waals surface area (Å²) in [6, 6.07) is 9.64. The number of nitrogens with zero attached hydrogens (tertiary/aromatic N) is 2. The van der Waals surface area contributed by atoms with Crippen LogP contribution in [0, 0.1) is 5.92 Å². The van der Waals surface area contributed by atoms with Crippen molar-refractivity contribution in [3.8, 4) is 0 Å². The highest BCUT2D eigenvalue weighted by Crippen LogP contribution is 2.24. The van der Waals surface area contributed by atoms with Crippen LogP contribution in [0.1, 0.15) is 37.7 Å². The van der Waals surface area contributed by atoms with E-state index in [0.717, 1.165) is 37.7 Å². The Hall–Kier alpha value is -1.39. The number of carbonyl (C=O) groups is 1. The summed E-state index contributed by atoms with van der Waals surface area (Å²) in [7, 11) is 0. The Morgan fingerprint density at radius 2 is 1.71 bits per heavy atom. The monoisotopic (exact) mass is 329 g/mol. The minimum atomic E-state index is -0.419. The lowest BCUT2D eigenvalue weighted by Crippen LogP contribution is -2.54. The zero-order chi connectivity index (χ0) is 16.8. The van der Waals surface area contributed by atoms with Crippen LogP contribution in [0.4, 0.5) is 0 Å². The molecule has 1 aromatic carbocycles. The molecule has 0 spiro atoms. The molecule has 2 N–H and O–H groups in total. The molecule has 132 valence electrons. The molecule has 4 heteroatoms. The van der Waals surface area contributed by atoms with Gasteiger partial charge < -0.3 is 10.6 Å². The summed E-state index contributed by atoms with van der Waals surface area (Å²) < 4.78 is 0. The lowest BCUT2D eigenvalue weighted by molar-refractivity contribution is -0.134. The van der Waals surface area contributed by atoms with Gasteiger partial charge in [-0.25, -0.2) is 0 Å². The molecule has 1 aromatic rings. The largest absolute Gasteiger partial charge is 0.339 e. The lowest BCUT2D eigenvalue weighted by atomic mass is 9.89. The highest BCUT2D eigenvalue weighted by atomic mass is 16.2. The molecule has 3 rings (SSSR count). The normalized spacial score (nSPS) is 21.6. The summed E-state index contributed by atoms with van der Waals surface area (Å²) in [5.74, 6) is 0.984. The summed E-state index contributed by atoms with van der Waals surface area (Å²) in [5.41, 5.74) is 7.29. The topological polar surface area (TPSA) is 49.6 Å². The number of hydrogen-bond donors (Lipinski definition) is 1. The molecule has 1 amide bonds. The summed E-state index contributed by atoms with van der Waals surface area (Å²) in [6.45, 7) is 4.88. The Kier molecular flexibility index (Phi) is 6.27. The SMILES string of the molecule is NC(Cc1ccccc1)C(=O)N1CCN(CC2CCCCC2)CC1. The Balaban J connectivity index is 1.42. The van der Waals surface area contributed by atoms with Crippen molar-refractivity contribution in [1.82, 2.24) is 9.80 Å². The molecular weight excluding hydrogens is 298 g/mol. The average Bonchev–Trinajstić information content (AvgIpc) is 2.63. The Bertz CT molecular complexity index is 505. The van der Waals surface area contributed by atoms with Crippen molar-refractivity contribution in [3.05, 3.63) is 35.9 Å². The van der Waals surface area contributed by atoms with Gasteiger partial charge in [0.25, 0.3) is 0 Å². The molecule has 1 aliphatic heterocycles. The Labute approximate surface area is 146 Å². The molecule has 0 aromatic heterocycles. The maximum absolute atomic E-state index is 12.6. The van der Waals surface area contributed by atoms with Crippen LogP contribution in [-0.4, -0.2) is 54.5 Å². The highest BCUT2D eigenvalue weighted by Gasteiger charge is 2.26. The standard InChI is InChI=1S/C20H31N3O/c21-19(15-17-7-3-1-4-8-17)20(24)23-13-11-22(12-14-23)16-18-9-5-2-6-10-18/h1,3-4,7-8,18-19H,2,5-6,9-16,21H2. The number of carbonyl (C=O) groups excluding carboxylic acids is 1. The van der Waals surface area contributed by atoms with Gasteiger partial charge in [-0.05, 0) is 30.7 Å². The molecule has 1 saturated heterocycles. The van der Waals surface area contributed by atoms with Gasteiger partial charge in [-0.1, -0.05) is 49.6 Å². The fraction of sp³-hybridized carbons (Fsp3) is 0.650.